The van der Waals surface area contributed by atoms with Crippen LogP contribution in [0.3, 0.4) is 0 Å². The molecule has 0 spiro atoms. The van der Waals surface area contributed by atoms with Gasteiger partial charge in [-0.15, -0.1) is 0 Å². The molecule has 5 rings (SSSR count). The van der Waals surface area contributed by atoms with Gasteiger partial charge in [0.2, 0.25) is 0 Å². The van der Waals surface area contributed by atoms with Gasteiger partial charge < -0.3 is 19.9 Å². The van der Waals surface area contributed by atoms with Gasteiger partial charge in [-0.25, -0.2) is 9.67 Å². The van der Waals surface area contributed by atoms with Gasteiger partial charge in [-0.3, -0.25) is 4.90 Å². The van der Waals surface area contributed by atoms with Crippen molar-refractivity contribution in [2.24, 2.45) is 0 Å². The summed E-state index contributed by atoms with van der Waals surface area (Å²) >= 11 is 0. The van der Waals surface area contributed by atoms with Crippen LogP contribution in [-0.2, 0) is 0 Å². The molecule has 8 heteroatoms. The first kappa shape index (κ1) is 20.3. The molecule has 4 heterocycles. The zero-order chi connectivity index (χ0) is 21.7. The zero-order valence-electron chi connectivity index (χ0n) is 19.1. The van der Waals surface area contributed by atoms with Crippen molar-refractivity contribution >= 4 is 5.70 Å². The number of aromatic nitrogens is 3. The van der Waals surface area contributed by atoms with Crippen molar-refractivity contribution in [1.82, 2.24) is 34.8 Å². The largest absolute Gasteiger partial charge is 0.491 e. The molecule has 0 saturated carbocycles. The number of rotatable bonds is 5. The van der Waals surface area contributed by atoms with Gasteiger partial charge in [-0.05, 0) is 52.6 Å². The van der Waals surface area contributed by atoms with E-state index in [9.17, 15) is 0 Å². The first-order valence-electron chi connectivity index (χ1n) is 11.2. The number of likely N-dealkylation sites (tertiary alicyclic amines) is 1. The average Bonchev–Trinajstić information content (AvgIpc) is 3.30. The van der Waals surface area contributed by atoms with Crippen LogP contribution in [0.25, 0.3) is 5.70 Å². The number of fused-ring (bicyclic) bond motifs is 3. The third-order valence-electron chi connectivity index (χ3n) is 6.81. The molecule has 166 valence electrons. The van der Waals surface area contributed by atoms with E-state index in [1.807, 2.05) is 4.68 Å². The lowest BCUT2D eigenvalue weighted by atomic mass is 9.97. The van der Waals surface area contributed by atoms with E-state index in [0.717, 1.165) is 36.9 Å². The van der Waals surface area contributed by atoms with Crippen LogP contribution >= 0.6 is 0 Å². The van der Waals surface area contributed by atoms with E-state index < -0.39 is 0 Å². The van der Waals surface area contributed by atoms with Gasteiger partial charge in [0.25, 0.3) is 0 Å². The first-order valence-corrected chi connectivity index (χ1v) is 11.2. The van der Waals surface area contributed by atoms with Gasteiger partial charge >= 0.3 is 0 Å². The van der Waals surface area contributed by atoms with Crippen molar-refractivity contribution in [2.75, 3.05) is 40.3 Å². The monoisotopic (exact) mass is 423 g/mol. The summed E-state index contributed by atoms with van der Waals surface area (Å²) in [5, 5.41) is 8.10. The molecule has 3 aliphatic rings. The van der Waals surface area contributed by atoms with Gasteiger partial charge in [0.05, 0.1) is 12.2 Å². The number of hydrogen-bond acceptors (Lipinski definition) is 7. The summed E-state index contributed by atoms with van der Waals surface area (Å²) in [7, 11) is 4.33. The maximum atomic E-state index is 6.09. The summed E-state index contributed by atoms with van der Waals surface area (Å²) in [6, 6.07) is 7.99. The first-order chi connectivity index (χ1) is 14.9. The maximum absolute atomic E-state index is 6.09. The van der Waals surface area contributed by atoms with E-state index in [2.05, 4.69) is 89.4 Å². The Morgan fingerprint density at radius 3 is 2.74 bits per heavy atom. The Kier molecular flexibility index (Phi) is 5.14. The van der Waals surface area contributed by atoms with Gasteiger partial charge in [-0.1, -0.05) is 6.07 Å². The molecule has 0 aliphatic carbocycles. The fraction of sp³-hybridized carbons (Fsp3) is 0.565. The minimum atomic E-state index is 0.0443. The lowest BCUT2D eigenvalue weighted by Crippen LogP contribution is -2.57. The molecule has 2 unspecified atom stereocenters. The van der Waals surface area contributed by atoms with Crippen molar-refractivity contribution in [3.05, 3.63) is 47.7 Å². The molecule has 2 aromatic rings. The lowest BCUT2D eigenvalue weighted by molar-refractivity contribution is 0.0325. The quantitative estimate of drug-likeness (QED) is 0.793. The molecular weight excluding hydrogens is 390 g/mol. The third-order valence-corrected chi connectivity index (χ3v) is 6.81. The summed E-state index contributed by atoms with van der Waals surface area (Å²) in [4.78, 5) is 11.7. The molecule has 8 nitrogen and oxygen atoms in total. The highest BCUT2D eigenvalue weighted by atomic mass is 16.5. The molecule has 1 saturated heterocycles. The predicted molar refractivity (Wildman–Crippen MR) is 120 cm³/mol. The molecule has 0 bridgehead atoms. The van der Waals surface area contributed by atoms with Gasteiger partial charge in [0.1, 0.15) is 24.8 Å². The minimum absolute atomic E-state index is 0.0443. The number of likely N-dealkylation sites (N-methyl/N-ethyl adjacent to an activating group) is 1. The normalized spacial score (nSPS) is 22.4. The fourth-order valence-electron chi connectivity index (χ4n) is 4.68. The van der Waals surface area contributed by atoms with Crippen molar-refractivity contribution < 1.29 is 4.74 Å². The molecular formula is C23H33N7O. The van der Waals surface area contributed by atoms with Crippen LogP contribution < -0.4 is 10.1 Å². The van der Waals surface area contributed by atoms with Crippen LogP contribution in [0.15, 0.2) is 30.7 Å². The Morgan fingerprint density at radius 2 is 2.00 bits per heavy atom. The van der Waals surface area contributed by atoms with Crippen molar-refractivity contribution in [3.8, 4) is 5.75 Å². The van der Waals surface area contributed by atoms with Crippen LogP contribution in [-0.4, -0.2) is 75.8 Å². The maximum Gasteiger partial charge on any atom is 0.176 e. The zero-order valence-corrected chi connectivity index (χ0v) is 19.1. The highest BCUT2D eigenvalue weighted by Crippen LogP contribution is 2.39. The molecule has 0 radical (unpaired) electrons. The Bertz CT molecular complexity index is 976. The van der Waals surface area contributed by atoms with Crippen molar-refractivity contribution in [3.63, 3.8) is 0 Å². The Labute approximate surface area is 184 Å². The van der Waals surface area contributed by atoms with Gasteiger partial charge in [-0.2, -0.15) is 5.10 Å². The van der Waals surface area contributed by atoms with E-state index in [-0.39, 0.29) is 12.2 Å². The second-order valence-electron chi connectivity index (χ2n) is 9.34. The van der Waals surface area contributed by atoms with E-state index in [1.165, 1.54) is 11.1 Å². The second-order valence-corrected chi connectivity index (χ2v) is 9.34. The molecule has 3 aliphatic heterocycles. The highest BCUT2D eigenvalue weighted by molar-refractivity contribution is 5.61. The standard InChI is InChI=1S/C23H33N7O/c1-15(2)30-23(24-14-25-30)20-13-28-8-9-31-21-7-6-17(10-19(21)22(28)26-20)16(3)29-11-18(12-29)27(4)5/h6-7,10,13-16,18,22,26H,8-9,11-12H2,1-5H3. The van der Waals surface area contributed by atoms with E-state index in [4.69, 9.17) is 4.74 Å². The van der Waals surface area contributed by atoms with Gasteiger partial charge in [0, 0.05) is 43.0 Å². The summed E-state index contributed by atoms with van der Waals surface area (Å²) in [6.45, 7) is 10.3. The Balaban J connectivity index is 1.40. The van der Waals surface area contributed by atoms with Crippen LogP contribution in [0, 0.1) is 0 Å². The van der Waals surface area contributed by atoms with Crippen LogP contribution in [0.4, 0.5) is 0 Å². The number of ether oxygens (including phenoxy) is 1. The SMILES string of the molecule is CC(c1ccc2c(c1)C1NC(c3ncnn3C(C)C)=CN1CCO2)N1CC(N(C)C)C1. The topological polar surface area (TPSA) is 61.7 Å². The summed E-state index contributed by atoms with van der Waals surface area (Å²) < 4.78 is 8.06. The summed E-state index contributed by atoms with van der Waals surface area (Å²) in [6.07, 6.45) is 3.84. The number of hydrogen-bond donors (Lipinski definition) is 1. The third kappa shape index (κ3) is 3.57. The number of nitrogens with zero attached hydrogens (tertiary/aromatic N) is 6. The van der Waals surface area contributed by atoms with E-state index in [1.54, 1.807) is 6.33 Å². The van der Waals surface area contributed by atoms with Gasteiger partial charge in [0.15, 0.2) is 5.82 Å². The van der Waals surface area contributed by atoms with Crippen LogP contribution in [0.2, 0.25) is 0 Å². The predicted octanol–water partition coefficient (Wildman–Crippen LogP) is 2.46. The van der Waals surface area contributed by atoms with E-state index >= 15 is 0 Å². The average molecular weight is 424 g/mol. The van der Waals surface area contributed by atoms with Crippen molar-refractivity contribution in [1.29, 1.82) is 0 Å². The number of nitrogens with one attached hydrogen (secondary N) is 1. The highest BCUT2D eigenvalue weighted by Gasteiger charge is 2.35. The smallest absolute Gasteiger partial charge is 0.176 e. The lowest BCUT2D eigenvalue weighted by Gasteiger charge is -2.46. The molecule has 1 aromatic carbocycles. The minimum Gasteiger partial charge on any atom is -0.491 e. The molecule has 1 fully saturated rings. The molecule has 0 amide bonds. The number of benzene rings is 1. The van der Waals surface area contributed by atoms with Crippen LogP contribution in [0.5, 0.6) is 5.75 Å². The second kappa shape index (κ2) is 7.84. The Hall–Kier alpha value is -2.58. The molecule has 1 aromatic heterocycles. The fourth-order valence-corrected chi connectivity index (χ4v) is 4.68. The van der Waals surface area contributed by atoms with Crippen LogP contribution in [0.1, 0.15) is 56.0 Å². The molecule has 31 heavy (non-hydrogen) atoms. The summed E-state index contributed by atoms with van der Waals surface area (Å²) in [5.41, 5.74) is 3.54. The summed E-state index contributed by atoms with van der Waals surface area (Å²) in [5.74, 6) is 1.84. The Morgan fingerprint density at radius 1 is 1.19 bits per heavy atom. The molecule has 2 atom stereocenters. The molecule has 1 N–H and O–H groups in total. The van der Waals surface area contributed by atoms with Crippen molar-refractivity contribution in [2.45, 2.75) is 45.1 Å². The van der Waals surface area contributed by atoms with E-state index in [0.29, 0.717) is 18.7 Å².